The van der Waals surface area contributed by atoms with Gasteiger partial charge in [0.2, 0.25) is 20.5 Å². The molecule has 0 N–H and O–H groups in total. The second kappa shape index (κ2) is 9.67. The van der Waals surface area contributed by atoms with E-state index in [1.807, 2.05) is 13.8 Å². The molecule has 0 atom stereocenters. The van der Waals surface area contributed by atoms with E-state index in [1.54, 1.807) is 71.0 Å². The molecule has 0 spiro atoms. The summed E-state index contributed by atoms with van der Waals surface area (Å²) in [6.07, 6.45) is -4.92. The normalized spacial score (nSPS) is 12.0. The van der Waals surface area contributed by atoms with E-state index in [4.69, 9.17) is 0 Å². The standard InChI is InChI=1S/C28H31O5PS/c1-8-23-11-9-10-12-24(23)35(32,33)34(31,27(29)25-19(4)13-17(2)14-20(25)5)28(30)26-21(6)15-18(3)16-22(26)7/h9-16H,8H2,1-7H3. The Kier molecular flexibility index (Phi) is 7.40. The number of aryl methyl sites for hydroxylation is 7. The first-order valence-electron chi connectivity index (χ1n) is 11.5. The Hall–Kier alpha value is -2.82. The molecule has 3 aromatic carbocycles. The minimum Gasteiger partial charge on any atom is -0.289 e. The zero-order chi connectivity index (χ0) is 26.3. The van der Waals surface area contributed by atoms with Crippen molar-refractivity contribution in [1.29, 1.82) is 0 Å². The third-order valence-corrected chi connectivity index (χ3v) is 13.1. The molecule has 0 aromatic heterocycles. The molecule has 0 aliphatic heterocycles. The van der Waals surface area contributed by atoms with E-state index < -0.39 is 26.8 Å². The number of hydrogen-bond donors (Lipinski definition) is 0. The predicted molar refractivity (Wildman–Crippen MR) is 141 cm³/mol. The molecule has 35 heavy (non-hydrogen) atoms. The highest BCUT2D eigenvalue weighted by molar-refractivity contribution is 8.63. The van der Waals surface area contributed by atoms with E-state index in [0.29, 0.717) is 34.2 Å². The summed E-state index contributed by atoms with van der Waals surface area (Å²) in [6.45, 7) is 12.1. The number of carbonyl (C=O) groups excluding carboxylic acids is 2. The highest BCUT2D eigenvalue weighted by Crippen LogP contribution is 2.61. The fourth-order valence-corrected chi connectivity index (χ4v) is 11.0. The van der Waals surface area contributed by atoms with Gasteiger partial charge in [-0.05, 0) is 81.8 Å². The molecule has 0 amide bonds. The van der Waals surface area contributed by atoms with Crippen LogP contribution in [-0.4, -0.2) is 19.5 Å². The lowest BCUT2D eigenvalue weighted by molar-refractivity contribution is 0.104. The molecule has 0 aliphatic carbocycles. The molecule has 5 nitrogen and oxygen atoms in total. The number of carbonyl (C=O) groups is 2. The van der Waals surface area contributed by atoms with Gasteiger partial charge in [-0.1, -0.05) is 60.5 Å². The first kappa shape index (κ1) is 26.8. The second-order valence-electron chi connectivity index (χ2n) is 9.15. The van der Waals surface area contributed by atoms with Gasteiger partial charge >= 0.3 is 6.34 Å². The molecular formula is C28H31O5PS. The lowest BCUT2D eigenvalue weighted by Crippen LogP contribution is -2.22. The van der Waals surface area contributed by atoms with E-state index in [-0.39, 0.29) is 16.0 Å². The Balaban J connectivity index is 2.44. The average Bonchev–Trinajstić information content (AvgIpc) is 2.76. The van der Waals surface area contributed by atoms with Crippen molar-refractivity contribution in [3.05, 3.63) is 98.6 Å². The Morgan fingerprint density at radius 3 is 1.46 bits per heavy atom. The van der Waals surface area contributed by atoms with Gasteiger partial charge in [-0.25, -0.2) is 8.42 Å². The molecule has 0 radical (unpaired) electrons. The third-order valence-electron chi connectivity index (χ3n) is 6.29. The predicted octanol–water partition coefficient (Wildman–Crippen LogP) is 6.83. The Morgan fingerprint density at radius 1 is 0.714 bits per heavy atom. The zero-order valence-electron chi connectivity index (χ0n) is 21.2. The van der Waals surface area contributed by atoms with Gasteiger partial charge in [0.25, 0.3) is 0 Å². The fourth-order valence-electron chi connectivity index (χ4n) is 4.83. The van der Waals surface area contributed by atoms with Gasteiger partial charge < -0.3 is 0 Å². The van der Waals surface area contributed by atoms with Gasteiger partial charge in [0.15, 0.2) is 0 Å². The number of rotatable bonds is 7. The molecule has 0 fully saturated rings. The van der Waals surface area contributed by atoms with Crippen molar-refractivity contribution < 1.29 is 22.6 Å². The Morgan fingerprint density at radius 2 is 1.09 bits per heavy atom. The van der Waals surface area contributed by atoms with E-state index >= 15 is 0 Å². The highest BCUT2D eigenvalue weighted by atomic mass is 32.8. The largest absolute Gasteiger partial charge is 0.333 e. The van der Waals surface area contributed by atoms with Crippen LogP contribution < -0.4 is 0 Å². The molecule has 0 aliphatic rings. The van der Waals surface area contributed by atoms with Crippen molar-refractivity contribution in [2.24, 2.45) is 0 Å². The topological polar surface area (TPSA) is 85.3 Å². The summed E-state index contributed by atoms with van der Waals surface area (Å²) < 4.78 is 43.1. The van der Waals surface area contributed by atoms with E-state index in [2.05, 4.69) is 0 Å². The monoisotopic (exact) mass is 510 g/mol. The maximum Gasteiger partial charge on any atom is 0.333 e. The van der Waals surface area contributed by atoms with Crippen LogP contribution in [0, 0.1) is 41.5 Å². The van der Waals surface area contributed by atoms with Gasteiger partial charge in [0.1, 0.15) is 0 Å². The van der Waals surface area contributed by atoms with Crippen molar-refractivity contribution >= 4 is 26.8 Å². The van der Waals surface area contributed by atoms with Gasteiger partial charge in [0, 0.05) is 11.1 Å². The van der Waals surface area contributed by atoms with Crippen molar-refractivity contribution in [1.82, 2.24) is 0 Å². The van der Waals surface area contributed by atoms with Crippen LogP contribution in [0.5, 0.6) is 0 Å². The van der Waals surface area contributed by atoms with Gasteiger partial charge in [0.05, 0.1) is 4.90 Å². The van der Waals surface area contributed by atoms with Crippen LogP contribution in [0.1, 0.15) is 66.6 Å². The maximum absolute atomic E-state index is 14.8. The first-order valence-corrected chi connectivity index (χ1v) is 15.3. The minimum absolute atomic E-state index is 0.0206. The van der Waals surface area contributed by atoms with Crippen molar-refractivity contribution in [3.63, 3.8) is 0 Å². The van der Waals surface area contributed by atoms with Crippen LogP contribution in [0.25, 0.3) is 0 Å². The van der Waals surface area contributed by atoms with Crippen LogP contribution in [-0.2, 0) is 20.4 Å². The molecule has 3 rings (SSSR count). The van der Waals surface area contributed by atoms with E-state index in [9.17, 15) is 22.6 Å². The molecule has 3 aromatic rings. The van der Waals surface area contributed by atoms with Crippen LogP contribution in [0.3, 0.4) is 0 Å². The second-order valence-corrected chi connectivity index (χ2v) is 15.4. The summed E-state index contributed by atoms with van der Waals surface area (Å²) in [5, 5.41) is 0. The van der Waals surface area contributed by atoms with Crippen molar-refractivity contribution in [3.8, 4) is 0 Å². The van der Waals surface area contributed by atoms with Crippen LogP contribution in [0.15, 0.2) is 53.4 Å². The maximum atomic E-state index is 14.8. The average molecular weight is 511 g/mol. The molecule has 0 saturated carbocycles. The van der Waals surface area contributed by atoms with Gasteiger partial charge in [-0.2, -0.15) is 0 Å². The van der Waals surface area contributed by atoms with Crippen molar-refractivity contribution in [2.75, 3.05) is 0 Å². The van der Waals surface area contributed by atoms with Gasteiger partial charge in [-0.15, -0.1) is 0 Å². The quantitative estimate of drug-likeness (QED) is 0.325. The fraction of sp³-hybridized carbons (Fsp3) is 0.286. The summed E-state index contributed by atoms with van der Waals surface area (Å²) in [5.41, 5.74) is 1.86. The third kappa shape index (κ3) is 4.46. The summed E-state index contributed by atoms with van der Waals surface area (Å²) in [5.74, 6) is 0. The summed E-state index contributed by atoms with van der Waals surface area (Å²) in [4.78, 5) is 27.9. The number of hydrogen-bond acceptors (Lipinski definition) is 5. The Labute approximate surface area is 207 Å². The lowest BCUT2D eigenvalue weighted by atomic mass is 10.0. The summed E-state index contributed by atoms with van der Waals surface area (Å²) in [6, 6.07) is 13.0. The van der Waals surface area contributed by atoms with Crippen LogP contribution in [0.4, 0.5) is 0 Å². The van der Waals surface area contributed by atoms with Gasteiger partial charge in [-0.3, -0.25) is 14.2 Å². The molecule has 184 valence electrons. The SMILES string of the molecule is CCc1ccccc1S(=O)(=O)P(=O)(C(=O)c1c(C)cc(C)cc1C)C(=O)c1c(C)cc(C)cc1C. The smallest absolute Gasteiger partial charge is 0.289 e. The first-order chi connectivity index (χ1) is 16.3. The molecule has 7 heteroatoms. The molecule has 0 unspecified atom stereocenters. The zero-order valence-corrected chi connectivity index (χ0v) is 22.9. The lowest BCUT2D eigenvalue weighted by Gasteiger charge is -2.22. The number of benzene rings is 3. The van der Waals surface area contributed by atoms with Crippen LogP contribution in [0.2, 0.25) is 0 Å². The molecule has 0 bridgehead atoms. The summed E-state index contributed by atoms with van der Waals surface area (Å²) >= 11 is 0. The molecular weight excluding hydrogens is 479 g/mol. The highest BCUT2D eigenvalue weighted by Gasteiger charge is 2.55. The van der Waals surface area contributed by atoms with E-state index in [0.717, 1.165) is 11.1 Å². The minimum atomic E-state index is -5.25. The molecule has 0 saturated heterocycles. The molecule has 0 heterocycles. The van der Waals surface area contributed by atoms with Crippen LogP contribution >= 0.6 is 6.34 Å². The Bertz CT molecular complexity index is 1400. The van der Waals surface area contributed by atoms with Crippen molar-refractivity contribution in [2.45, 2.75) is 59.8 Å². The summed E-state index contributed by atoms with van der Waals surface area (Å²) in [7, 11) is -4.87. The van der Waals surface area contributed by atoms with E-state index in [1.165, 1.54) is 12.1 Å².